The molecule has 0 aromatic carbocycles. The van der Waals surface area contributed by atoms with Crippen molar-refractivity contribution in [1.82, 2.24) is 19.9 Å². The second kappa shape index (κ2) is 4.03. The van der Waals surface area contributed by atoms with Crippen molar-refractivity contribution >= 4 is 17.0 Å². The summed E-state index contributed by atoms with van der Waals surface area (Å²) in [7, 11) is 0. The second-order valence-corrected chi connectivity index (χ2v) is 4.13. The summed E-state index contributed by atoms with van der Waals surface area (Å²) in [5.41, 5.74) is 0.846. The molecule has 16 heavy (non-hydrogen) atoms. The number of fused-ring (bicyclic) bond motifs is 1. The Morgan fingerprint density at radius 3 is 2.75 bits per heavy atom. The van der Waals surface area contributed by atoms with Crippen LogP contribution in [0.25, 0.3) is 11.2 Å². The van der Waals surface area contributed by atoms with E-state index in [0.717, 1.165) is 0 Å². The Morgan fingerprint density at radius 2 is 2.06 bits per heavy atom. The number of aromatic amines is 1. The molecular weight excluding hydrogens is 209 g/mol. The van der Waals surface area contributed by atoms with Gasteiger partial charge in [-0.05, 0) is 12.8 Å². The highest BCUT2D eigenvalue weighted by atomic mass is 19.1. The van der Waals surface area contributed by atoms with Gasteiger partial charge in [0.25, 0.3) is 6.08 Å². The number of aromatic nitrogens is 4. The minimum Gasteiger partial charge on any atom is -0.365 e. The molecule has 0 bridgehead atoms. The van der Waals surface area contributed by atoms with Gasteiger partial charge in [0, 0.05) is 6.04 Å². The summed E-state index contributed by atoms with van der Waals surface area (Å²) < 4.78 is 12.9. The second-order valence-electron chi connectivity index (χ2n) is 4.13. The molecule has 0 radical (unpaired) electrons. The summed E-state index contributed by atoms with van der Waals surface area (Å²) in [5.74, 6) is 1.04. The first-order valence-electron chi connectivity index (χ1n) is 5.20. The molecule has 5 nitrogen and oxygen atoms in total. The number of anilines is 1. The smallest absolute Gasteiger partial charge is 0.289 e. The van der Waals surface area contributed by atoms with Crippen molar-refractivity contribution in [2.75, 3.05) is 5.32 Å². The van der Waals surface area contributed by atoms with E-state index < -0.39 is 6.08 Å². The average molecular weight is 223 g/mol. The molecule has 2 rings (SSSR count). The van der Waals surface area contributed by atoms with E-state index in [-0.39, 0.29) is 6.04 Å². The molecule has 2 aromatic heterocycles. The number of hydrogen-bond acceptors (Lipinski definition) is 4. The van der Waals surface area contributed by atoms with Gasteiger partial charge in [-0.1, -0.05) is 13.8 Å². The molecule has 0 spiro atoms. The minimum absolute atomic E-state index is 0.240. The van der Waals surface area contributed by atoms with Crippen LogP contribution in [0.5, 0.6) is 0 Å². The number of nitrogens with one attached hydrogen (secondary N) is 2. The summed E-state index contributed by atoms with van der Waals surface area (Å²) in [4.78, 5) is 14.1. The molecule has 1 atom stereocenters. The third kappa shape index (κ3) is 1.95. The lowest BCUT2D eigenvalue weighted by Gasteiger charge is -2.17. The van der Waals surface area contributed by atoms with Crippen LogP contribution in [0, 0.1) is 12.0 Å². The molecule has 2 N–H and O–H groups in total. The molecule has 86 valence electrons. The van der Waals surface area contributed by atoms with E-state index >= 15 is 0 Å². The molecule has 2 aromatic rings. The van der Waals surface area contributed by atoms with Crippen molar-refractivity contribution in [3.63, 3.8) is 0 Å². The molecule has 0 fully saturated rings. The molecule has 0 saturated heterocycles. The van der Waals surface area contributed by atoms with Gasteiger partial charge in [0.1, 0.15) is 11.8 Å². The molecule has 0 aliphatic rings. The third-order valence-corrected chi connectivity index (χ3v) is 2.62. The monoisotopic (exact) mass is 223 g/mol. The lowest BCUT2D eigenvalue weighted by atomic mass is 10.1. The Labute approximate surface area is 92.5 Å². The van der Waals surface area contributed by atoms with E-state index in [9.17, 15) is 4.39 Å². The van der Waals surface area contributed by atoms with Crippen LogP contribution in [0.15, 0.2) is 6.33 Å². The lowest BCUT2D eigenvalue weighted by molar-refractivity contribution is 0.554. The molecule has 0 aliphatic carbocycles. The highest BCUT2D eigenvalue weighted by molar-refractivity contribution is 5.82. The summed E-state index contributed by atoms with van der Waals surface area (Å²) >= 11 is 0. The molecular formula is C10H14FN5. The zero-order valence-electron chi connectivity index (χ0n) is 9.45. The first-order valence-corrected chi connectivity index (χ1v) is 5.20. The molecule has 6 heteroatoms. The predicted octanol–water partition coefficient (Wildman–Crippen LogP) is 1.95. The minimum atomic E-state index is -0.643. The first kappa shape index (κ1) is 10.8. The Balaban J connectivity index is 2.36. The average Bonchev–Trinajstić information content (AvgIpc) is 2.59. The highest BCUT2D eigenvalue weighted by Crippen LogP contribution is 2.18. The van der Waals surface area contributed by atoms with Crippen LogP contribution in [0.4, 0.5) is 10.2 Å². The molecule has 0 unspecified atom stereocenters. The van der Waals surface area contributed by atoms with Gasteiger partial charge in [0.2, 0.25) is 0 Å². The van der Waals surface area contributed by atoms with Crippen LogP contribution in [-0.4, -0.2) is 26.0 Å². The fraction of sp³-hybridized carbons (Fsp3) is 0.500. The van der Waals surface area contributed by atoms with E-state index in [4.69, 9.17) is 0 Å². The Kier molecular flexibility index (Phi) is 2.72. The van der Waals surface area contributed by atoms with E-state index in [1.54, 1.807) is 0 Å². The van der Waals surface area contributed by atoms with Crippen LogP contribution < -0.4 is 5.32 Å². The lowest BCUT2D eigenvalue weighted by Crippen LogP contribution is -2.22. The Morgan fingerprint density at radius 1 is 1.31 bits per heavy atom. The maximum absolute atomic E-state index is 12.9. The predicted molar refractivity (Wildman–Crippen MR) is 59.6 cm³/mol. The van der Waals surface area contributed by atoms with E-state index in [0.29, 0.717) is 22.9 Å². The van der Waals surface area contributed by atoms with Gasteiger partial charge in [-0.15, -0.1) is 0 Å². The Hall–Kier alpha value is -1.72. The zero-order valence-corrected chi connectivity index (χ0v) is 9.45. The van der Waals surface area contributed by atoms with E-state index in [1.165, 1.54) is 6.33 Å². The molecule has 0 saturated carbocycles. The Bertz CT molecular complexity index is 493. The van der Waals surface area contributed by atoms with Gasteiger partial charge in [0.15, 0.2) is 11.5 Å². The topological polar surface area (TPSA) is 66.5 Å². The molecule has 0 aliphatic heterocycles. The number of H-pyrrole nitrogens is 1. The largest absolute Gasteiger partial charge is 0.365 e. The van der Waals surface area contributed by atoms with Crippen LogP contribution in [-0.2, 0) is 0 Å². The normalized spacial score (nSPS) is 13.3. The number of nitrogens with zero attached hydrogens (tertiary/aromatic N) is 3. The van der Waals surface area contributed by atoms with Crippen LogP contribution in [0.2, 0.25) is 0 Å². The van der Waals surface area contributed by atoms with Gasteiger partial charge in [-0.25, -0.2) is 9.97 Å². The van der Waals surface area contributed by atoms with Crippen LogP contribution >= 0.6 is 0 Å². The highest BCUT2D eigenvalue weighted by Gasteiger charge is 2.13. The van der Waals surface area contributed by atoms with Crippen molar-refractivity contribution < 1.29 is 4.39 Å². The SMILES string of the molecule is CC(C)[C@@H](C)Nc1ncnc2nc(F)[nH]c12. The van der Waals surface area contributed by atoms with Crippen LogP contribution in [0.1, 0.15) is 20.8 Å². The number of hydrogen-bond donors (Lipinski definition) is 2. The van der Waals surface area contributed by atoms with Gasteiger partial charge in [-0.3, -0.25) is 0 Å². The van der Waals surface area contributed by atoms with Crippen molar-refractivity contribution in [2.45, 2.75) is 26.8 Å². The van der Waals surface area contributed by atoms with E-state index in [1.807, 2.05) is 6.92 Å². The van der Waals surface area contributed by atoms with Gasteiger partial charge in [0.05, 0.1) is 0 Å². The van der Waals surface area contributed by atoms with Gasteiger partial charge < -0.3 is 10.3 Å². The first-order chi connectivity index (χ1) is 7.58. The fourth-order valence-corrected chi connectivity index (χ4v) is 1.29. The van der Waals surface area contributed by atoms with Crippen molar-refractivity contribution in [1.29, 1.82) is 0 Å². The standard InChI is InChI=1S/C10H14FN5/c1-5(2)6(3)14-8-7-9(13-4-12-8)16-10(11)15-7/h4-6H,1-3H3,(H2,12,13,14,15,16)/t6-/m1/s1. The van der Waals surface area contributed by atoms with Crippen molar-refractivity contribution in [2.24, 2.45) is 5.92 Å². The van der Waals surface area contributed by atoms with Gasteiger partial charge in [-0.2, -0.15) is 9.37 Å². The fourth-order valence-electron chi connectivity index (χ4n) is 1.29. The van der Waals surface area contributed by atoms with Crippen molar-refractivity contribution in [3.05, 3.63) is 12.4 Å². The summed E-state index contributed by atoms with van der Waals surface area (Å²) in [6.07, 6.45) is 0.730. The summed E-state index contributed by atoms with van der Waals surface area (Å²) in [6.45, 7) is 6.25. The maximum atomic E-state index is 12.9. The quantitative estimate of drug-likeness (QED) is 0.780. The molecule has 2 heterocycles. The summed E-state index contributed by atoms with van der Waals surface area (Å²) in [5, 5.41) is 3.21. The van der Waals surface area contributed by atoms with Crippen molar-refractivity contribution in [3.8, 4) is 0 Å². The molecule has 0 amide bonds. The number of imidazole rings is 1. The third-order valence-electron chi connectivity index (χ3n) is 2.62. The van der Waals surface area contributed by atoms with Crippen LogP contribution in [0.3, 0.4) is 0 Å². The maximum Gasteiger partial charge on any atom is 0.289 e. The number of rotatable bonds is 3. The summed E-state index contributed by atoms with van der Waals surface area (Å²) in [6, 6.07) is 0.240. The van der Waals surface area contributed by atoms with E-state index in [2.05, 4.69) is 39.1 Å². The van der Waals surface area contributed by atoms with Gasteiger partial charge >= 0.3 is 0 Å². The number of halogens is 1. The zero-order chi connectivity index (χ0) is 11.7.